The molecule has 114 valence electrons. The molecule has 2 aromatic carbocycles. The molecule has 0 aliphatic rings. The van der Waals surface area contributed by atoms with Gasteiger partial charge in [0.2, 0.25) is 0 Å². The summed E-state index contributed by atoms with van der Waals surface area (Å²) in [5.74, 6) is 0. The van der Waals surface area contributed by atoms with Crippen LogP contribution >= 0.6 is 0 Å². The Bertz CT molecular complexity index is 644. The van der Waals surface area contributed by atoms with Crippen LogP contribution in [0.15, 0.2) is 54.6 Å². The van der Waals surface area contributed by atoms with Crippen LogP contribution < -0.4 is 10.6 Å². The van der Waals surface area contributed by atoms with Crippen molar-refractivity contribution >= 4 is 11.7 Å². The van der Waals surface area contributed by atoms with E-state index in [1.807, 2.05) is 30.3 Å². The van der Waals surface area contributed by atoms with E-state index < -0.39 is 4.92 Å². The molecule has 0 aliphatic carbocycles. The molecule has 2 aromatic rings. The lowest BCUT2D eigenvalue weighted by molar-refractivity contribution is -0.384. The smallest absolute Gasteiger partial charge is 0.315 e. The van der Waals surface area contributed by atoms with Crippen LogP contribution in [0.25, 0.3) is 0 Å². The molecule has 0 saturated carbocycles. The number of nitrogens with zero attached hydrogens (tertiary/aromatic N) is 1. The summed E-state index contributed by atoms with van der Waals surface area (Å²) in [5.41, 5.74) is 1.86. The SMILES string of the molecule is O=C(NCCc1ccccc1)NCc1cccc([N+](=O)[O-])c1. The lowest BCUT2D eigenvalue weighted by Gasteiger charge is -2.07. The minimum atomic E-state index is -0.455. The van der Waals surface area contributed by atoms with Crippen molar-refractivity contribution in [2.24, 2.45) is 0 Å². The van der Waals surface area contributed by atoms with Gasteiger partial charge in [-0.25, -0.2) is 4.79 Å². The minimum absolute atomic E-state index is 0.0174. The zero-order valence-corrected chi connectivity index (χ0v) is 12.0. The molecule has 0 fully saturated rings. The number of hydrogen-bond donors (Lipinski definition) is 2. The number of nitrogens with one attached hydrogen (secondary N) is 2. The van der Waals surface area contributed by atoms with Gasteiger partial charge in [-0.05, 0) is 17.5 Å². The van der Waals surface area contributed by atoms with Crippen LogP contribution in [0.2, 0.25) is 0 Å². The third kappa shape index (κ3) is 4.90. The number of urea groups is 1. The molecule has 2 rings (SSSR count). The van der Waals surface area contributed by atoms with Crippen molar-refractivity contribution in [1.29, 1.82) is 0 Å². The second-order valence-corrected chi connectivity index (χ2v) is 4.77. The van der Waals surface area contributed by atoms with Crippen molar-refractivity contribution in [2.75, 3.05) is 6.54 Å². The maximum atomic E-state index is 11.7. The highest BCUT2D eigenvalue weighted by Crippen LogP contribution is 2.12. The van der Waals surface area contributed by atoms with Gasteiger partial charge in [0.1, 0.15) is 0 Å². The van der Waals surface area contributed by atoms with Crippen molar-refractivity contribution in [3.05, 3.63) is 75.8 Å². The first-order valence-corrected chi connectivity index (χ1v) is 6.94. The van der Waals surface area contributed by atoms with Gasteiger partial charge in [0.05, 0.1) is 4.92 Å². The van der Waals surface area contributed by atoms with E-state index in [-0.39, 0.29) is 18.3 Å². The van der Waals surface area contributed by atoms with E-state index in [0.29, 0.717) is 12.1 Å². The third-order valence-corrected chi connectivity index (χ3v) is 3.12. The van der Waals surface area contributed by atoms with Crippen LogP contribution in [0.1, 0.15) is 11.1 Å². The second-order valence-electron chi connectivity index (χ2n) is 4.77. The highest BCUT2D eigenvalue weighted by Gasteiger charge is 2.06. The van der Waals surface area contributed by atoms with E-state index in [2.05, 4.69) is 10.6 Å². The zero-order chi connectivity index (χ0) is 15.8. The number of nitro groups is 1. The molecule has 6 heteroatoms. The molecule has 6 nitrogen and oxygen atoms in total. The summed E-state index contributed by atoms with van der Waals surface area (Å²) < 4.78 is 0. The molecule has 0 aromatic heterocycles. The Hall–Kier alpha value is -2.89. The number of rotatable bonds is 6. The van der Waals surface area contributed by atoms with E-state index in [1.165, 1.54) is 12.1 Å². The van der Waals surface area contributed by atoms with Crippen LogP contribution in [0.5, 0.6) is 0 Å². The van der Waals surface area contributed by atoms with Crippen LogP contribution in [-0.2, 0) is 13.0 Å². The molecule has 0 atom stereocenters. The van der Waals surface area contributed by atoms with Crippen molar-refractivity contribution in [1.82, 2.24) is 10.6 Å². The highest BCUT2D eigenvalue weighted by molar-refractivity contribution is 5.73. The Kier molecular flexibility index (Phi) is 5.48. The van der Waals surface area contributed by atoms with Gasteiger partial charge in [-0.2, -0.15) is 0 Å². The lowest BCUT2D eigenvalue weighted by atomic mass is 10.1. The minimum Gasteiger partial charge on any atom is -0.338 e. The van der Waals surface area contributed by atoms with Crippen LogP contribution in [-0.4, -0.2) is 17.5 Å². The van der Waals surface area contributed by atoms with Gasteiger partial charge in [-0.1, -0.05) is 42.5 Å². The summed E-state index contributed by atoms with van der Waals surface area (Å²) in [6.45, 7) is 0.781. The average Bonchev–Trinajstić information content (AvgIpc) is 2.54. The van der Waals surface area contributed by atoms with Gasteiger partial charge in [0, 0.05) is 25.2 Å². The number of nitro benzene ring substituents is 1. The predicted octanol–water partition coefficient (Wildman–Crippen LogP) is 2.64. The Morgan fingerprint density at radius 2 is 1.73 bits per heavy atom. The van der Waals surface area contributed by atoms with Crippen molar-refractivity contribution < 1.29 is 9.72 Å². The summed E-state index contributed by atoms with van der Waals surface area (Å²) in [4.78, 5) is 21.9. The summed E-state index contributed by atoms with van der Waals surface area (Å²) in [7, 11) is 0. The number of non-ortho nitro benzene ring substituents is 1. The van der Waals surface area contributed by atoms with Crippen molar-refractivity contribution in [3.63, 3.8) is 0 Å². The lowest BCUT2D eigenvalue weighted by Crippen LogP contribution is -2.36. The van der Waals surface area contributed by atoms with Gasteiger partial charge in [0.25, 0.3) is 5.69 Å². The molecule has 0 aliphatic heterocycles. The summed E-state index contributed by atoms with van der Waals surface area (Å²) in [6, 6.07) is 15.8. The number of carbonyl (C=O) groups is 1. The molecule has 22 heavy (non-hydrogen) atoms. The van der Waals surface area contributed by atoms with Crippen LogP contribution in [0.3, 0.4) is 0 Å². The van der Waals surface area contributed by atoms with E-state index in [1.54, 1.807) is 12.1 Å². The quantitative estimate of drug-likeness (QED) is 0.635. The summed E-state index contributed by atoms with van der Waals surface area (Å²) in [6.07, 6.45) is 0.755. The Morgan fingerprint density at radius 3 is 2.45 bits per heavy atom. The fourth-order valence-electron chi connectivity index (χ4n) is 1.99. The maximum Gasteiger partial charge on any atom is 0.315 e. The van der Waals surface area contributed by atoms with Crippen molar-refractivity contribution in [3.8, 4) is 0 Å². The Morgan fingerprint density at radius 1 is 1.00 bits per heavy atom. The summed E-state index contributed by atoms with van der Waals surface area (Å²) in [5, 5.41) is 16.1. The molecule has 0 spiro atoms. The summed E-state index contributed by atoms with van der Waals surface area (Å²) >= 11 is 0. The first-order valence-electron chi connectivity index (χ1n) is 6.94. The van der Waals surface area contributed by atoms with Gasteiger partial charge >= 0.3 is 6.03 Å². The molecule has 0 radical (unpaired) electrons. The fourth-order valence-corrected chi connectivity index (χ4v) is 1.99. The zero-order valence-electron chi connectivity index (χ0n) is 12.0. The second kappa shape index (κ2) is 7.78. The molecular formula is C16H17N3O3. The first kappa shape index (κ1) is 15.5. The van der Waals surface area contributed by atoms with Gasteiger partial charge < -0.3 is 10.6 Å². The van der Waals surface area contributed by atoms with E-state index in [4.69, 9.17) is 0 Å². The fraction of sp³-hybridized carbons (Fsp3) is 0.188. The van der Waals surface area contributed by atoms with E-state index >= 15 is 0 Å². The van der Waals surface area contributed by atoms with Crippen molar-refractivity contribution in [2.45, 2.75) is 13.0 Å². The molecule has 0 saturated heterocycles. The number of hydrogen-bond acceptors (Lipinski definition) is 3. The molecule has 0 bridgehead atoms. The normalized spacial score (nSPS) is 10.0. The molecule has 2 N–H and O–H groups in total. The first-order chi connectivity index (χ1) is 10.6. The van der Waals surface area contributed by atoms with Crippen LogP contribution in [0.4, 0.5) is 10.5 Å². The largest absolute Gasteiger partial charge is 0.338 e. The number of benzene rings is 2. The van der Waals surface area contributed by atoms with E-state index in [9.17, 15) is 14.9 Å². The number of amides is 2. The highest BCUT2D eigenvalue weighted by atomic mass is 16.6. The Balaban J connectivity index is 1.73. The molecule has 0 heterocycles. The molecule has 0 unspecified atom stereocenters. The number of carbonyl (C=O) groups excluding carboxylic acids is 1. The monoisotopic (exact) mass is 299 g/mol. The Labute approximate surface area is 128 Å². The van der Waals surface area contributed by atoms with Crippen LogP contribution in [0, 0.1) is 10.1 Å². The molecule has 2 amide bonds. The average molecular weight is 299 g/mol. The van der Waals surface area contributed by atoms with Gasteiger partial charge in [-0.15, -0.1) is 0 Å². The maximum absolute atomic E-state index is 11.7. The van der Waals surface area contributed by atoms with E-state index in [0.717, 1.165) is 12.0 Å². The van der Waals surface area contributed by atoms with Gasteiger partial charge in [-0.3, -0.25) is 10.1 Å². The standard InChI is InChI=1S/C16H17N3O3/c20-16(17-10-9-13-5-2-1-3-6-13)18-12-14-7-4-8-15(11-14)19(21)22/h1-8,11H,9-10,12H2,(H2,17,18,20). The predicted molar refractivity (Wildman–Crippen MR) is 83.5 cm³/mol. The molecular weight excluding hydrogens is 282 g/mol. The topological polar surface area (TPSA) is 84.3 Å². The third-order valence-electron chi connectivity index (χ3n) is 3.12. The van der Waals surface area contributed by atoms with Gasteiger partial charge in [0.15, 0.2) is 0 Å².